The van der Waals surface area contributed by atoms with Crippen LogP contribution in [-0.2, 0) is 32.0 Å². The smallest absolute Gasteiger partial charge is 0.324 e. The number of nitrogens with zero attached hydrogens (tertiary/aromatic N) is 1. The van der Waals surface area contributed by atoms with E-state index in [0.29, 0.717) is 32.7 Å². The van der Waals surface area contributed by atoms with Crippen molar-refractivity contribution in [2.24, 2.45) is 11.7 Å². The van der Waals surface area contributed by atoms with Gasteiger partial charge in [-0.25, -0.2) is 4.79 Å². The monoisotopic (exact) mass is 523 g/mol. The van der Waals surface area contributed by atoms with Crippen molar-refractivity contribution in [3.05, 3.63) is 71.8 Å². The van der Waals surface area contributed by atoms with Gasteiger partial charge in [-0.05, 0) is 23.5 Å². The van der Waals surface area contributed by atoms with E-state index >= 15 is 0 Å². The molecule has 0 bridgehead atoms. The number of rotatable bonds is 10. The van der Waals surface area contributed by atoms with E-state index in [9.17, 15) is 19.2 Å². The Kier molecular flexibility index (Phi) is 10.8. The lowest BCUT2D eigenvalue weighted by molar-refractivity contribution is -0.133. The zero-order chi connectivity index (χ0) is 27.5. The second-order valence-electron chi connectivity index (χ2n) is 9.67. The first-order valence-electron chi connectivity index (χ1n) is 12.9. The lowest BCUT2D eigenvalue weighted by atomic mass is 10.00. The Bertz CT molecular complexity index is 1070. The highest BCUT2D eigenvalue weighted by molar-refractivity contribution is 5.99. The Hall–Kier alpha value is -3.76. The third-order valence-corrected chi connectivity index (χ3v) is 6.33. The van der Waals surface area contributed by atoms with Gasteiger partial charge < -0.3 is 26.0 Å². The fourth-order valence-corrected chi connectivity index (χ4v) is 4.11. The van der Waals surface area contributed by atoms with E-state index in [2.05, 4.69) is 16.0 Å². The lowest BCUT2D eigenvalue weighted by Crippen LogP contribution is -2.59. The average Bonchev–Trinajstić information content (AvgIpc) is 2.92. The van der Waals surface area contributed by atoms with Crippen LogP contribution in [-0.4, -0.2) is 73.1 Å². The topological polar surface area (TPSA) is 143 Å². The zero-order valence-corrected chi connectivity index (χ0v) is 21.9. The van der Waals surface area contributed by atoms with Gasteiger partial charge in [0, 0.05) is 19.5 Å². The molecule has 38 heavy (non-hydrogen) atoms. The predicted octanol–water partition coefficient (Wildman–Crippen LogP) is 0.993. The zero-order valence-electron chi connectivity index (χ0n) is 21.9. The van der Waals surface area contributed by atoms with Crippen molar-refractivity contribution in [1.29, 1.82) is 0 Å². The van der Waals surface area contributed by atoms with E-state index < -0.39 is 41.9 Å². The maximum atomic E-state index is 13.3. The molecule has 1 saturated heterocycles. The molecule has 0 unspecified atom stereocenters. The van der Waals surface area contributed by atoms with E-state index in [1.807, 2.05) is 60.7 Å². The first-order valence-corrected chi connectivity index (χ1v) is 12.9. The number of carbonyl (C=O) groups excluding carboxylic acids is 4. The van der Waals surface area contributed by atoms with E-state index in [1.54, 1.807) is 13.8 Å². The summed E-state index contributed by atoms with van der Waals surface area (Å²) in [5, 5.41) is 7.89. The molecular weight excluding hydrogens is 486 g/mol. The molecule has 2 aromatic rings. The number of carbonyl (C=O) groups is 4. The van der Waals surface area contributed by atoms with Crippen LogP contribution in [0.1, 0.15) is 25.0 Å². The molecule has 3 atom stereocenters. The Morgan fingerprint density at radius 1 is 0.816 bits per heavy atom. The minimum Gasteiger partial charge on any atom is -0.378 e. The molecule has 3 rings (SSSR count). The van der Waals surface area contributed by atoms with E-state index in [0.717, 1.165) is 11.1 Å². The van der Waals surface area contributed by atoms with Gasteiger partial charge in [-0.2, -0.15) is 0 Å². The Labute approximate surface area is 223 Å². The number of morpholine rings is 1. The van der Waals surface area contributed by atoms with Crippen molar-refractivity contribution in [1.82, 2.24) is 20.9 Å². The van der Waals surface area contributed by atoms with Crippen molar-refractivity contribution < 1.29 is 23.9 Å². The van der Waals surface area contributed by atoms with Gasteiger partial charge in [-0.3, -0.25) is 19.7 Å². The molecule has 1 heterocycles. The number of benzene rings is 2. The molecule has 5 amide bonds. The van der Waals surface area contributed by atoms with Crippen molar-refractivity contribution in [3.8, 4) is 0 Å². The maximum Gasteiger partial charge on any atom is 0.324 e. The van der Waals surface area contributed by atoms with Gasteiger partial charge in [0.2, 0.25) is 11.8 Å². The van der Waals surface area contributed by atoms with Gasteiger partial charge >= 0.3 is 6.03 Å². The van der Waals surface area contributed by atoms with Gasteiger partial charge in [0.15, 0.2) is 0 Å². The lowest BCUT2D eigenvalue weighted by Gasteiger charge is -2.28. The fraction of sp³-hybridized carbons (Fsp3) is 0.429. The number of hydrogen-bond acceptors (Lipinski definition) is 6. The summed E-state index contributed by atoms with van der Waals surface area (Å²) in [4.78, 5) is 53.4. The van der Waals surface area contributed by atoms with Crippen molar-refractivity contribution >= 4 is 23.8 Å². The summed E-state index contributed by atoms with van der Waals surface area (Å²) in [6, 6.07) is 15.2. The average molecular weight is 524 g/mol. The molecule has 0 radical (unpaired) electrons. The summed E-state index contributed by atoms with van der Waals surface area (Å²) < 4.78 is 5.26. The van der Waals surface area contributed by atoms with Crippen LogP contribution in [0.4, 0.5) is 4.79 Å². The molecule has 0 aromatic heterocycles. The Morgan fingerprint density at radius 2 is 1.37 bits per heavy atom. The number of imide groups is 1. The van der Waals surface area contributed by atoms with Crippen LogP contribution in [0.3, 0.4) is 0 Å². The van der Waals surface area contributed by atoms with Crippen LogP contribution in [0.25, 0.3) is 0 Å². The highest BCUT2D eigenvalue weighted by Gasteiger charge is 2.31. The third-order valence-electron chi connectivity index (χ3n) is 6.33. The number of ether oxygens (including phenoxy) is 1. The molecule has 2 aromatic carbocycles. The Morgan fingerprint density at radius 3 is 1.92 bits per heavy atom. The molecule has 10 nitrogen and oxygen atoms in total. The number of urea groups is 1. The normalized spacial score (nSPS) is 15.7. The summed E-state index contributed by atoms with van der Waals surface area (Å²) in [5.41, 5.74) is 7.83. The van der Waals surface area contributed by atoms with Crippen LogP contribution in [0, 0.1) is 5.92 Å². The summed E-state index contributed by atoms with van der Waals surface area (Å²) in [5.74, 6) is -1.91. The maximum absolute atomic E-state index is 13.3. The van der Waals surface area contributed by atoms with Crippen molar-refractivity contribution in [2.45, 2.75) is 44.8 Å². The highest BCUT2D eigenvalue weighted by Crippen LogP contribution is 2.09. The first-order chi connectivity index (χ1) is 18.2. The Balaban J connectivity index is 1.68. The molecular formula is C28H37N5O5. The molecule has 0 saturated carbocycles. The van der Waals surface area contributed by atoms with Crippen molar-refractivity contribution in [3.63, 3.8) is 0 Å². The van der Waals surface area contributed by atoms with Gasteiger partial charge in [0.1, 0.15) is 12.1 Å². The molecule has 1 aliphatic heterocycles. The van der Waals surface area contributed by atoms with E-state index in [4.69, 9.17) is 10.5 Å². The molecule has 5 N–H and O–H groups in total. The number of nitrogens with two attached hydrogens (primary N) is 1. The summed E-state index contributed by atoms with van der Waals surface area (Å²) in [6.45, 7) is 5.13. The summed E-state index contributed by atoms with van der Waals surface area (Å²) in [7, 11) is 0. The SMILES string of the molecule is CC(C)[C@H](NC(=O)[C@@H](N)Cc1ccccc1)C(=O)N[C@@H](Cc1ccccc1)C(=O)NC(=O)N1CCOCC1. The van der Waals surface area contributed by atoms with Gasteiger partial charge in [0.05, 0.1) is 19.3 Å². The van der Waals surface area contributed by atoms with E-state index in [-0.39, 0.29) is 12.3 Å². The quantitative estimate of drug-likeness (QED) is 0.366. The van der Waals surface area contributed by atoms with Crippen LogP contribution in [0.5, 0.6) is 0 Å². The minimum absolute atomic E-state index is 0.168. The van der Waals surface area contributed by atoms with Gasteiger partial charge in [-0.15, -0.1) is 0 Å². The third kappa shape index (κ3) is 8.67. The first kappa shape index (κ1) is 28.8. The molecule has 1 fully saturated rings. The minimum atomic E-state index is -1.04. The van der Waals surface area contributed by atoms with Crippen molar-refractivity contribution in [2.75, 3.05) is 26.3 Å². The summed E-state index contributed by atoms with van der Waals surface area (Å²) >= 11 is 0. The van der Waals surface area contributed by atoms with Crippen LogP contribution in [0.15, 0.2) is 60.7 Å². The molecule has 204 valence electrons. The molecule has 0 aliphatic carbocycles. The largest absolute Gasteiger partial charge is 0.378 e. The molecule has 1 aliphatic rings. The van der Waals surface area contributed by atoms with Gasteiger partial charge in [0.25, 0.3) is 5.91 Å². The number of amides is 5. The van der Waals surface area contributed by atoms with Crippen LogP contribution in [0.2, 0.25) is 0 Å². The second-order valence-corrected chi connectivity index (χ2v) is 9.67. The van der Waals surface area contributed by atoms with E-state index in [1.165, 1.54) is 4.90 Å². The van der Waals surface area contributed by atoms with Crippen LogP contribution >= 0.6 is 0 Å². The predicted molar refractivity (Wildman–Crippen MR) is 143 cm³/mol. The summed E-state index contributed by atoms with van der Waals surface area (Å²) in [6.07, 6.45) is 0.489. The number of hydrogen-bond donors (Lipinski definition) is 4. The standard InChI is InChI=1S/C28H37N5O5/c1-19(2)24(31-25(34)22(29)17-20-9-5-3-6-10-20)27(36)30-23(18-21-11-7-4-8-12-21)26(35)32-28(37)33-13-15-38-16-14-33/h3-12,19,22-24H,13-18,29H2,1-2H3,(H,30,36)(H,31,34)(H,32,35,37)/t22-,23-,24-/m0/s1. The highest BCUT2D eigenvalue weighted by atomic mass is 16.5. The fourth-order valence-electron chi connectivity index (χ4n) is 4.11. The molecule has 10 heteroatoms. The second kappa shape index (κ2) is 14.3. The number of nitrogens with one attached hydrogen (secondary N) is 3. The van der Waals surface area contributed by atoms with Gasteiger partial charge in [-0.1, -0.05) is 74.5 Å². The van der Waals surface area contributed by atoms with Crippen LogP contribution < -0.4 is 21.7 Å². The molecule has 0 spiro atoms.